The van der Waals surface area contributed by atoms with Crippen molar-refractivity contribution in [1.82, 2.24) is 0 Å². The van der Waals surface area contributed by atoms with Crippen molar-refractivity contribution < 1.29 is 47.7 Å². The average molecular weight is 229 g/mol. The van der Waals surface area contributed by atoms with Gasteiger partial charge in [-0.15, -0.1) is 0 Å². The minimum Gasteiger partial charge on any atom is -0.481 e. The molecule has 0 rings (SSSR count). The first-order valence-electron chi connectivity index (χ1n) is 1.37. The molecule has 0 saturated heterocycles. The Morgan fingerprint density at radius 2 is 1.10 bits per heavy atom. The minimum atomic E-state index is -0.833. The molecule has 3 nitrogen and oxygen atoms in total. The first kappa shape index (κ1) is 46.6. The predicted molar refractivity (Wildman–Crippen MR) is 41.6 cm³/mol. The van der Waals surface area contributed by atoms with Crippen molar-refractivity contribution in [2.45, 2.75) is 29.2 Å². The van der Waals surface area contributed by atoms with Crippen LogP contribution in [-0.4, -0.2) is 23.3 Å². The molecule has 0 aromatic rings. The van der Waals surface area contributed by atoms with Crippen molar-refractivity contribution in [2.75, 3.05) is 7.11 Å². The van der Waals surface area contributed by atoms with Gasteiger partial charge in [0.1, 0.15) is 0 Å². The molecule has 0 bridgehead atoms. The van der Waals surface area contributed by atoms with E-state index in [4.69, 9.17) is 15.0 Å². The van der Waals surface area contributed by atoms with E-state index < -0.39 is 5.97 Å². The maximum absolute atomic E-state index is 9.00. The van der Waals surface area contributed by atoms with Gasteiger partial charge in [0.15, 0.2) is 0 Å². The van der Waals surface area contributed by atoms with Crippen LogP contribution in [0.3, 0.4) is 0 Å². The smallest absolute Gasteiger partial charge is 0.300 e. The van der Waals surface area contributed by atoms with E-state index in [0.717, 1.165) is 14.0 Å². The molecular weight excluding hydrogens is 209 g/mol. The molecule has 4 heteroatoms. The fraction of sp³-hybridized carbons (Fsp3) is 0.833. The van der Waals surface area contributed by atoms with Gasteiger partial charge in [0.2, 0.25) is 0 Å². The molecule has 0 amide bonds. The first-order chi connectivity index (χ1) is 2.73. The summed E-state index contributed by atoms with van der Waals surface area (Å²) >= 11 is 0. The van der Waals surface area contributed by atoms with Crippen molar-refractivity contribution in [1.29, 1.82) is 0 Å². The van der Waals surface area contributed by atoms with Crippen LogP contribution in [0.1, 0.15) is 29.2 Å². The Kier molecular flexibility index (Phi) is 259. The number of aliphatic hydroxyl groups excluding tert-OH is 1. The molecule has 2 N–H and O–H groups in total. The summed E-state index contributed by atoms with van der Waals surface area (Å²) in [5, 5.41) is 14.4. The maximum Gasteiger partial charge on any atom is 0.300 e. The summed E-state index contributed by atoms with van der Waals surface area (Å²) in [6.45, 7) is 1.08. The molecule has 0 aromatic heterocycles. The molecule has 0 aliphatic heterocycles. The van der Waals surface area contributed by atoms with Crippen LogP contribution in [-0.2, 0) is 37.5 Å². The Labute approximate surface area is 89.7 Å². The Morgan fingerprint density at radius 3 is 1.10 bits per heavy atom. The molecule has 65 valence electrons. The predicted octanol–water partition coefficient (Wildman–Crippen LogP) is 1.61. The van der Waals surface area contributed by atoms with Gasteiger partial charge in [0.25, 0.3) is 5.97 Å². The Balaban J connectivity index is -0.00000000625. The zero-order valence-electron chi connectivity index (χ0n) is 4.38. The number of rotatable bonds is 0. The standard InChI is InChI=1S/C2H4O2.CH4O.3CH4.Y/c1-2(3)4;1-2;;;;/h1H3,(H,3,4);2H,1H3;3*1H4;. The number of carboxylic acids is 1. The van der Waals surface area contributed by atoms with E-state index in [-0.39, 0.29) is 55.0 Å². The van der Waals surface area contributed by atoms with Crippen LogP contribution in [0.5, 0.6) is 0 Å². The third kappa shape index (κ3) is 1700. The van der Waals surface area contributed by atoms with Gasteiger partial charge >= 0.3 is 0 Å². The van der Waals surface area contributed by atoms with Gasteiger partial charge in [-0.1, -0.05) is 22.3 Å². The third-order valence-corrected chi connectivity index (χ3v) is 0. The van der Waals surface area contributed by atoms with Gasteiger partial charge in [-0.3, -0.25) is 4.79 Å². The molecule has 0 aliphatic carbocycles. The third-order valence-electron chi connectivity index (χ3n) is 0. The Bertz CT molecular complexity index is 36.0. The van der Waals surface area contributed by atoms with Crippen LogP contribution >= 0.6 is 0 Å². The zero-order chi connectivity index (χ0) is 5.58. The molecule has 0 unspecified atom stereocenters. The summed E-state index contributed by atoms with van der Waals surface area (Å²) in [5.74, 6) is -0.833. The van der Waals surface area contributed by atoms with Crippen molar-refractivity contribution in [3.63, 3.8) is 0 Å². The largest absolute Gasteiger partial charge is 0.481 e. The second-order valence-corrected chi connectivity index (χ2v) is 0.519. The van der Waals surface area contributed by atoms with E-state index in [0.29, 0.717) is 0 Å². The zero-order valence-corrected chi connectivity index (χ0v) is 7.22. The molecule has 1 radical (unpaired) electrons. The number of carbonyl (C=O) groups is 1. The van der Waals surface area contributed by atoms with Crippen LogP contribution in [0.4, 0.5) is 0 Å². The summed E-state index contributed by atoms with van der Waals surface area (Å²) in [4.78, 5) is 9.00. The Hall–Kier alpha value is 0.534. The van der Waals surface area contributed by atoms with E-state index in [1.165, 1.54) is 0 Å². The van der Waals surface area contributed by atoms with E-state index in [2.05, 4.69) is 0 Å². The summed E-state index contributed by atoms with van der Waals surface area (Å²) < 4.78 is 0. The van der Waals surface area contributed by atoms with Crippen LogP contribution in [0.25, 0.3) is 0 Å². The van der Waals surface area contributed by atoms with Crippen LogP contribution in [0.15, 0.2) is 0 Å². The minimum absolute atomic E-state index is 0. The van der Waals surface area contributed by atoms with E-state index in [1.807, 2.05) is 0 Å². The summed E-state index contributed by atoms with van der Waals surface area (Å²) in [6.07, 6.45) is 0. The SMILES string of the molecule is C.C.C.CC(=O)O.CO.[Y]. The molecule has 0 aliphatic rings. The second kappa shape index (κ2) is 55.6. The van der Waals surface area contributed by atoms with E-state index in [9.17, 15) is 0 Å². The van der Waals surface area contributed by atoms with Crippen molar-refractivity contribution >= 4 is 5.97 Å². The fourth-order valence-corrected chi connectivity index (χ4v) is 0. The summed E-state index contributed by atoms with van der Waals surface area (Å²) in [6, 6.07) is 0. The molecule has 0 fully saturated rings. The average Bonchev–Trinajstić information content (AvgIpc) is 1.41. The van der Waals surface area contributed by atoms with E-state index in [1.54, 1.807) is 0 Å². The Morgan fingerprint density at radius 1 is 1.10 bits per heavy atom. The van der Waals surface area contributed by atoms with Crippen molar-refractivity contribution in [3.05, 3.63) is 0 Å². The molecule has 0 saturated carbocycles. The van der Waals surface area contributed by atoms with Crippen LogP contribution in [0, 0.1) is 0 Å². The number of aliphatic hydroxyl groups is 1. The molecule has 10 heavy (non-hydrogen) atoms. The van der Waals surface area contributed by atoms with Crippen molar-refractivity contribution in [3.8, 4) is 0 Å². The quantitative estimate of drug-likeness (QED) is 0.663. The number of aliphatic carboxylic acids is 1. The second-order valence-electron chi connectivity index (χ2n) is 0.519. The summed E-state index contributed by atoms with van der Waals surface area (Å²) in [5.41, 5.74) is 0. The maximum atomic E-state index is 9.00. The molecule has 0 heterocycles. The molecule has 0 spiro atoms. The van der Waals surface area contributed by atoms with Gasteiger partial charge in [0, 0.05) is 46.7 Å². The van der Waals surface area contributed by atoms with Crippen molar-refractivity contribution in [2.24, 2.45) is 0 Å². The topological polar surface area (TPSA) is 57.5 Å². The van der Waals surface area contributed by atoms with Gasteiger partial charge < -0.3 is 10.2 Å². The van der Waals surface area contributed by atoms with Crippen LogP contribution in [0.2, 0.25) is 0 Å². The fourth-order valence-electron chi connectivity index (χ4n) is 0. The number of carboxylic acid groups (broad SMARTS) is 1. The van der Waals surface area contributed by atoms with E-state index >= 15 is 0 Å². The number of hydrogen-bond acceptors (Lipinski definition) is 2. The normalized spacial score (nSPS) is 3.10. The van der Waals surface area contributed by atoms with Crippen LogP contribution < -0.4 is 0 Å². The van der Waals surface area contributed by atoms with Gasteiger partial charge in [-0.25, -0.2) is 0 Å². The molecular formula is C6H20O3Y. The molecule has 0 atom stereocenters. The number of hydrogen-bond donors (Lipinski definition) is 2. The van der Waals surface area contributed by atoms with Gasteiger partial charge in [-0.05, 0) is 0 Å². The molecule has 0 aromatic carbocycles. The van der Waals surface area contributed by atoms with Gasteiger partial charge in [0.05, 0.1) is 0 Å². The monoisotopic (exact) mass is 229 g/mol. The first-order valence-corrected chi connectivity index (χ1v) is 1.37. The van der Waals surface area contributed by atoms with Gasteiger partial charge in [-0.2, -0.15) is 0 Å². The summed E-state index contributed by atoms with van der Waals surface area (Å²) in [7, 11) is 1.00.